The molecule has 0 aromatic carbocycles. The number of rotatable bonds is 5. The lowest BCUT2D eigenvalue weighted by atomic mass is 9.95. The fourth-order valence-corrected chi connectivity index (χ4v) is 4.80. The van der Waals surface area contributed by atoms with Crippen LogP contribution in [0.4, 0.5) is 0 Å². The molecule has 0 radical (unpaired) electrons. The summed E-state index contributed by atoms with van der Waals surface area (Å²) in [6.07, 6.45) is 3.44. The summed E-state index contributed by atoms with van der Waals surface area (Å²) in [4.78, 5) is 13.1. The van der Waals surface area contributed by atoms with Crippen molar-refractivity contribution >= 4 is 28.6 Å². The maximum atomic E-state index is 12.4. The second-order valence-electron chi connectivity index (χ2n) is 5.86. The average molecular weight is 350 g/mol. The van der Waals surface area contributed by atoms with Crippen LogP contribution in [-0.2, 0) is 0 Å². The maximum absolute atomic E-state index is 12.4. The second kappa shape index (κ2) is 6.14. The van der Waals surface area contributed by atoms with E-state index in [4.69, 9.17) is 9.47 Å². The number of amides is 1. The normalized spacial score (nSPS) is 25.5. The van der Waals surface area contributed by atoms with Gasteiger partial charge in [0.1, 0.15) is 0 Å². The molecule has 7 heteroatoms. The first kappa shape index (κ1) is 15.0. The molecule has 2 bridgehead atoms. The molecule has 0 spiro atoms. The molecule has 2 aromatic rings. The summed E-state index contributed by atoms with van der Waals surface area (Å²) in [5, 5.41) is 8.96. The molecule has 2 aliphatic rings. The summed E-state index contributed by atoms with van der Waals surface area (Å²) in [7, 11) is 1.63. The van der Waals surface area contributed by atoms with Gasteiger partial charge in [0.2, 0.25) is 0 Å². The molecule has 122 valence electrons. The Morgan fingerprint density at radius 1 is 1.17 bits per heavy atom. The second-order valence-corrected chi connectivity index (χ2v) is 7.92. The van der Waals surface area contributed by atoms with Crippen LogP contribution in [0.1, 0.15) is 28.9 Å². The zero-order valence-corrected chi connectivity index (χ0v) is 14.3. The molecular weight excluding hydrogens is 332 g/mol. The van der Waals surface area contributed by atoms with E-state index in [0.717, 1.165) is 23.0 Å². The van der Waals surface area contributed by atoms with Crippen LogP contribution in [0.25, 0.3) is 0 Å². The molecule has 5 nitrogen and oxygen atoms in total. The molecule has 2 fully saturated rings. The monoisotopic (exact) mass is 350 g/mol. The van der Waals surface area contributed by atoms with Crippen LogP contribution in [-0.4, -0.2) is 31.1 Å². The first-order chi connectivity index (χ1) is 11.2. The van der Waals surface area contributed by atoms with Gasteiger partial charge in [-0.1, -0.05) is 22.7 Å². The molecule has 1 amide bonds. The van der Waals surface area contributed by atoms with E-state index >= 15 is 0 Å². The number of fused-ring (bicyclic) bond motifs is 2. The summed E-state index contributed by atoms with van der Waals surface area (Å²) in [5.41, 5.74) is 0. The van der Waals surface area contributed by atoms with E-state index in [0.29, 0.717) is 22.0 Å². The first-order valence-corrected chi connectivity index (χ1v) is 9.33. The molecule has 2 N–H and O–H groups in total. The Hall–Kier alpha value is -1.57. The van der Waals surface area contributed by atoms with Crippen LogP contribution >= 0.6 is 22.7 Å². The molecule has 2 aliphatic heterocycles. The predicted octanol–water partition coefficient (Wildman–Crippen LogP) is 3.23. The van der Waals surface area contributed by atoms with Gasteiger partial charge in [-0.05, 0) is 43.5 Å². The minimum atomic E-state index is -0.00652. The maximum Gasteiger partial charge on any atom is 0.261 e. The Morgan fingerprint density at radius 2 is 1.96 bits per heavy atom. The van der Waals surface area contributed by atoms with Crippen molar-refractivity contribution in [2.45, 2.75) is 37.4 Å². The summed E-state index contributed by atoms with van der Waals surface area (Å²) in [6, 6.07) is 8.67. The van der Waals surface area contributed by atoms with Gasteiger partial charge in [-0.3, -0.25) is 4.79 Å². The van der Waals surface area contributed by atoms with Crippen LogP contribution in [0, 0.1) is 0 Å². The van der Waals surface area contributed by atoms with Crippen LogP contribution in [0.3, 0.4) is 0 Å². The topological polar surface area (TPSA) is 59.6 Å². The lowest BCUT2D eigenvalue weighted by Crippen LogP contribution is -2.42. The van der Waals surface area contributed by atoms with Crippen molar-refractivity contribution in [3.05, 3.63) is 29.1 Å². The third-order valence-corrected chi connectivity index (χ3v) is 6.27. The largest absolute Gasteiger partial charge is 0.487 e. The summed E-state index contributed by atoms with van der Waals surface area (Å²) in [6.45, 7) is 0. The Bertz CT molecular complexity index is 712. The van der Waals surface area contributed by atoms with Crippen molar-refractivity contribution in [1.82, 2.24) is 10.6 Å². The molecule has 4 heterocycles. The van der Waals surface area contributed by atoms with E-state index in [9.17, 15) is 4.79 Å². The fourth-order valence-electron chi connectivity index (χ4n) is 3.29. The molecule has 0 saturated carbocycles. The molecule has 0 aliphatic carbocycles. The van der Waals surface area contributed by atoms with Gasteiger partial charge >= 0.3 is 0 Å². The van der Waals surface area contributed by atoms with Crippen molar-refractivity contribution in [3.8, 4) is 15.2 Å². The molecule has 23 heavy (non-hydrogen) atoms. The molecule has 3 atom stereocenters. The van der Waals surface area contributed by atoms with Gasteiger partial charge in [-0.2, -0.15) is 0 Å². The number of nitrogens with one attached hydrogen (secondary N) is 2. The number of hydrogen-bond acceptors (Lipinski definition) is 6. The lowest BCUT2D eigenvalue weighted by molar-refractivity contribution is 0.0935. The fraction of sp³-hybridized carbons (Fsp3) is 0.438. The number of carbonyl (C=O) groups is 1. The van der Waals surface area contributed by atoms with Crippen molar-refractivity contribution in [2.24, 2.45) is 0 Å². The first-order valence-electron chi connectivity index (χ1n) is 7.69. The highest BCUT2D eigenvalue weighted by atomic mass is 32.1. The Morgan fingerprint density at radius 3 is 2.65 bits per heavy atom. The highest BCUT2D eigenvalue weighted by Gasteiger charge is 2.39. The smallest absolute Gasteiger partial charge is 0.261 e. The van der Waals surface area contributed by atoms with Gasteiger partial charge in [0.15, 0.2) is 15.2 Å². The lowest BCUT2D eigenvalue weighted by Gasteiger charge is -2.20. The Balaban J connectivity index is 1.38. The Kier molecular flexibility index (Phi) is 4.00. The SMILES string of the molecule is COc1ccc(Oc2ccc(C(=O)NC3CC4CCC3N4)s2)s1. The number of carbonyl (C=O) groups excluding carboxylic acids is 1. The van der Waals surface area contributed by atoms with Gasteiger partial charge in [0.25, 0.3) is 5.91 Å². The summed E-state index contributed by atoms with van der Waals surface area (Å²) < 4.78 is 10.9. The van der Waals surface area contributed by atoms with E-state index < -0.39 is 0 Å². The molecule has 4 rings (SSSR count). The minimum Gasteiger partial charge on any atom is -0.487 e. The standard InChI is InChI=1S/C16H18N2O3S2/c1-20-13-6-7-15(23-13)21-14-5-4-12(22-14)16(19)18-11-8-9-2-3-10(11)17-9/h4-7,9-11,17H,2-3,8H2,1H3,(H,18,19). The van der Waals surface area contributed by atoms with E-state index in [2.05, 4.69) is 10.6 Å². The molecule has 3 unspecified atom stereocenters. The molecular formula is C16H18N2O3S2. The highest BCUT2D eigenvalue weighted by Crippen LogP contribution is 2.37. The number of methoxy groups -OCH3 is 1. The highest BCUT2D eigenvalue weighted by molar-refractivity contribution is 7.17. The van der Waals surface area contributed by atoms with Crippen LogP contribution in [0.2, 0.25) is 0 Å². The van der Waals surface area contributed by atoms with E-state index in [1.165, 1.54) is 29.1 Å². The van der Waals surface area contributed by atoms with E-state index in [-0.39, 0.29) is 11.9 Å². The zero-order chi connectivity index (χ0) is 15.8. The van der Waals surface area contributed by atoms with Gasteiger partial charge in [0.05, 0.1) is 12.0 Å². The van der Waals surface area contributed by atoms with Crippen LogP contribution < -0.4 is 20.1 Å². The zero-order valence-electron chi connectivity index (χ0n) is 12.7. The van der Waals surface area contributed by atoms with E-state index in [1.807, 2.05) is 24.3 Å². The van der Waals surface area contributed by atoms with Gasteiger partial charge in [0, 0.05) is 18.1 Å². The predicted molar refractivity (Wildman–Crippen MR) is 91.1 cm³/mol. The quantitative estimate of drug-likeness (QED) is 0.869. The van der Waals surface area contributed by atoms with Gasteiger partial charge in [-0.25, -0.2) is 0 Å². The van der Waals surface area contributed by atoms with Crippen LogP contribution in [0.15, 0.2) is 24.3 Å². The van der Waals surface area contributed by atoms with Crippen molar-refractivity contribution in [3.63, 3.8) is 0 Å². The minimum absolute atomic E-state index is 0.00652. The van der Waals surface area contributed by atoms with Crippen molar-refractivity contribution in [2.75, 3.05) is 7.11 Å². The number of thiophene rings is 2. The van der Waals surface area contributed by atoms with Gasteiger partial charge < -0.3 is 20.1 Å². The molecule has 2 aromatic heterocycles. The summed E-state index contributed by atoms with van der Waals surface area (Å²) >= 11 is 2.80. The number of ether oxygens (including phenoxy) is 2. The Labute approximate surface area is 142 Å². The molecule has 2 saturated heterocycles. The van der Waals surface area contributed by atoms with Crippen LogP contribution in [0.5, 0.6) is 15.2 Å². The third kappa shape index (κ3) is 3.08. The van der Waals surface area contributed by atoms with Crippen molar-refractivity contribution in [1.29, 1.82) is 0 Å². The number of hydrogen-bond donors (Lipinski definition) is 2. The van der Waals surface area contributed by atoms with E-state index in [1.54, 1.807) is 7.11 Å². The summed E-state index contributed by atoms with van der Waals surface area (Å²) in [5.74, 6) is -0.00652. The average Bonchev–Trinajstić information content (AvgIpc) is 3.32. The third-order valence-electron chi connectivity index (χ3n) is 4.38. The van der Waals surface area contributed by atoms with Crippen molar-refractivity contribution < 1.29 is 14.3 Å². The van der Waals surface area contributed by atoms with Gasteiger partial charge in [-0.15, -0.1) is 0 Å².